The van der Waals surface area contributed by atoms with Crippen LogP contribution in [0.25, 0.3) is 22.0 Å². The van der Waals surface area contributed by atoms with E-state index in [1.165, 1.54) is 4.90 Å². The first-order valence-electron chi connectivity index (χ1n) is 12.1. The number of nitrogens with zero attached hydrogens (tertiary/aromatic N) is 3. The molecule has 0 saturated heterocycles. The summed E-state index contributed by atoms with van der Waals surface area (Å²) < 4.78 is 11.1. The molecule has 6 rings (SSSR count). The molecular formula is C29H23ClN4O5. The van der Waals surface area contributed by atoms with Gasteiger partial charge in [0.05, 0.1) is 29.8 Å². The minimum atomic E-state index is -0.972. The highest BCUT2D eigenvalue weighted by Gasteiger charge is 2.46. The lowest BCUT2D eigenvalue weighted by Crippen LogP contribution is -2.32. The molecule has 1 amide bonds. The van der Waals surface area contributed by atoms with Crippen molar-refractivity contribution in [2.45, 2.75) is 6.04 Å². The number of imidazole rings is 1. The maximum absolute atomic E-state index is 13.9. The van der Waals surface area contributed by atoms with Crippen LogP contribution in [0.2, 0.25) is 5.02 Å². The Labute approximate surface area is 227 Å². The zero-order chi connectivity index (χ0) is 27.4. The topological polar surface area (TPSA) is 112 Å². The number of ketones is 1. The van der Waals surface area contributed by atoms with E-state index in [2.05, 4.69) is 9.97 Å². The zero-order valence-corrected chi connectivity index (χ0v) is 22.0. The normalized spacial score (nSPS) is 15.5. The van der Waals surface area contributed by atoms with Gasteiger partial charge in [-0.25, -0.2) is 4.98 Å². The van der Waals surface area contributed by atoms with Crippen LogP contribution in [-0.2, 0) is 4.79 Å². The fraction of sp³-hybridized carbons (Fsp3) is 0.138. The number of benzene rings is 3. The monoisotopic (exact) mass is 542 g/mol. The van der Waals surface area contributed by atoms with Crippen molar-refractivity contribution in [1.82, 2.24) is 9.97 Å². The molecule has 1 unspecified atom stereocenters. The first-order valence-corrected chi connectivity index (χ1v) is 12.4. The van der Waals surface area contributed by atoms with E-state index in [1.807, 2.05) is 43.3 Å². The number of hydrogen-bond acceptors (Lipinski definition) is 7. The summed E-state index contributed by atoms with van der Waals surface area (Å²) in [4.78, 5) is 38.4. The number of aromatic nitrogens is 2. The number of furan rings is 1. The molecule has 39 heavy (non-hydrogen) atoms. The quantitative estimate of drug-likeness (QED) is 0.260. The number of ether oxygens (including phenoxy) is 1. The maximum atomic E-state index is 13.9. The van der Waals surface area contributed by atoms with Gasteiger partial charge in [-0.1, -0.05) is 23.7 Å². The van der Waals surface area contributed by atoms with Crippen LogP contribution >= 0.6 is 11.6 Å². The average Bonchev–Trinajstić information content (AvgIpc) is 3.61. The highest BCUT2D eigenvalue weighted by Crippen LogP contribution is 2.42. The van der Waals surface area contributed by atoms with Gasteiger partial charge < -0.3 is 24.1 Å². The van der Waals surface area contributed by atoms with Gasteiger partial charge in [0.25, 0.3) is 5.91 Å². The number of hydrogen-bond donors (Lipinski definition) is 2. The van der Waals surface area contributed by atoms with Gasteiger partial charge in [-0.3, -0.25) is 14.5 Å². The number of aliphatic hydroxyl groups is 1. The molecule has 0 spiro atoms. The van der Waals surface area contributed by atoms with Crippen molar-refractivity contribution < 1.29 is 23.8 Å². The van der Waals surface area contributed by atoms with Crippen molar-refractivity contribution in [3.63, 3.8) is 0 Å². The number of fused-ring (bicyclic) bond motifs is 2. The van der Waals surface area contributed by atoms with Crippen molar-refractivity contribution >= 4 is 56.9 Å². The fourth-order valence-corrected chi connectivity index (χ4v) is 4.98. The molecule has 0 fully saturated rings. The number of amides is 1. The van der Waals surface area contributed by atoms with Gasteiger partial charge in [-0.2, -0.15) is 0 Å². The number of Topliss-reactive ketones (excluding diaryl/α,β-unsaturated/α-hetero) is 1. The summed E-state index contributed by atoms with van der Waals surface area (Å²) in [6.07, 6.45) is 0. The second-order valence-corrected chi connectivity index (χ2v) is 9.83. The number of methoxy groups -OCH3 is 1. The SMILES string of the molecule is COc1ccc2nc(N3C(=O)C(O)=C(C(=O)c4cc5cc(Cl)ccc5o4)C3c3ccc(N(C)C)cc3)[nH]c2c1. The van der Waals surface area contributed by atoms with Gasteiger partial charge in [-0.05, 0) is 54.1 Å². The highest BCUT2D eigenvalue weighted by molar-refractivity contribution is 6.31. The Morgan fingerprint density at radius 2 is 1.87 bits per heavy atom. The van der Waals surface area contributed by atoms with Crippen LogP contribution < -0.4 is 14.5 Å². The maximum Gasteiger partial charge on any atom is 0.296 e. The lowest BCUT2D eigenvalue weighted by atomic mass is 9.95. The van der Waals surface area contributed by atoms with Crippen molar-refractivity contribution in [3.8, 4) is 5.75 Å². The van der Waals surface area contributed by atoms with Crippen molar-refractivity contribution in [2.75, 3.05) is 31.0 Å². The van der Waals surface area contributed by atoms with Crippen LogP contribution in [0.15, 0.2) is 82.5 Å². The molecule has 10 heteroatoms. The Morgan fingerprint density at radius 1 is 1.10 bits per heavy atom. The van der Waals surface area contributed by atoms with Crippen molar-refractivity contribution in [2.24, 2.45) is 0 Å². The third-order valence-corrected chi connectivity index (χ3v) is 7.02. The van der Waals surface area contributed by atoms with Gasteiger partial charge in [0, 0.05) is 36.3 Å². The zero-order valence-electron chi connectivity index (χ0n) is 21.2. The summed E-state index contributed by atoms with van der Waals surface area (Å²) in [5, 5.41) is 12.2. The Morgan fingerprint density at radius 3 is 2.59 bits per heavy atom. The molecule has 196 valence electrons. The number of carbonyl (C=O) groups is 2. The molecule has 0 bridgehead atoms. The van der Waals surface area contributed by atoms with Crippen molar-refractivity contribution in [1.29, 1.82) is 0 Å². The largest absolute Gasteiger partial charge is 0.503 e. The molecule has 2 N–H and O–H groups in total. The number of carbonyl (C=O) groups excluding carboxylic acids is 2. The molecule has 0 saturated carbocycles. The third kappa shape index (κ3) is 4.07. The molecule has 3 aromatic carbocycles. The Balaban J connectivity index is 1.49. The van der Waals surface area contributed by atoms with Crippen LogP contribution in [0, 0.1) is 0 Å². The second kappa shape index (κ2) is 9.21. The van der Waals surface area contributed by atoms with Crippen LogP contribution in [0.5, 0.6) is 5.75 Å². The smallest absolute Gasteiger partial charge is 0.296 e. The standard InChI is InChI=1S/C29H23ClN4O5/c1-33(2)18-7-4-15(5-8-18)25-24(26(35)23-13-16-12-17(30)6-11-22(16)39-23)27(36)28(37)34(25)29-31-20-10-9-19(38-3)14-21(20)32-29/h4-14,25,36H,1-3H3,(H,31,32). The van der Waals surface area contributed by atoms with E-state index >= 15 is 0 Å². The van der Waals surface area contributed by atoms with Gasteiger partial charge in [-0.15, -0.1) is 0 Å². The summed E-state index contributed by atoms with van der Waals surface area (Å²) in [7, 11) is 5.39. The summed E-state index contributed by atoms with van der Waals surface area (Å²) in [5.41, 5.74) is 3.11. The average molecular weight is 543 g/mol. The van der Waals surface area contributed by atoms with E-state index in [1.54, 1.807) is 49.6 Å². The molecule has 1 aliphatic heterocycles. The number of anilines is 2. The number of aromatic amines is 1. The first-order chi connectivity index (χ1) is 18.7. The molecule has 0 aliphatic carbocycles. The Kier molecular flexibility index (Phi) is 5.80. The summed E-state index contributed by atoms with van der Waals surface area (Å²) in [5.74, 6) is -1.27. The summed E-state index contributed by atoms with van der Waals surface area (Å²) >= 11 is 6.11. The number of rotatable bonds is 6. The Hall–Kier alpha value is -4.76. The molecule has 5 aromatic rings. The third-order valence-electron chi connectivity index (χ3n) is 6.78. The number of halogens is 1. The van der Waals surface area contributed by atoms with E-state index in [4.69, 9.17) is 20.8 Å². The molecular weight excluding hydrogens is 520 g/mol. The van der Waals surface area contributed by atoms with Crippen molar-refractivity contribution in [3.05, 3.63) is 94.4 Å². The second-order valence-electron chi connectivity index (χ2n) is 9.39. The highest BCUT2D eigenvalue weighted by atomic mass is 35.5. The lowest BCUT2D eigenvalue weighted by Gasteiger charge is -2.25. The van der Waals surface area contributed by atoms with Gasteiger partial charge >= 0.3 is 0 Å². The predicted molar refractivity (Wildman–Crippen MR) is 149 cm³/mol. The molecule has 1 atom stereocenters. The lowest BCUT2D eigenvalue weighted by molar-refractivity contribution is -0.117. The van der Waals surface area contributed by atoms with E-state index in [0.717, 1.165) is 5.69 Å². The molecule has 3 heterocycles. The van der Waals surface area contributed by atoms with Crippen LogP contribution in [0.3, 0.4) is 0 Å². The molecule has 0 radical (unpaired) electrons. The molecule has 1 aliphatic rings. The summed E-state index contributed by atoms with van der Waals surface area (Å²) in [6, 6.07) is 18.2. The van der Waals surface area contributed by atoms with Crippen LogP contribution in [0.1, 0.15) is 22.2 Å². The van der Waals surface area contributed by atoms with Crippen LogP contribution in [-0.4, -0.2) is 48.0 Å². The van der Waals surface area contributed by atoms with Gasteiger partial charge in [0.1, 0.15) is 11.3 Å². The van der Waals surface area contributed by atoms with E-state index in [0.29, 0.717) is 38.3 Å². The van der Waals surface area contributed by atoms with E-state index < -0.39 is 23.5 Å². The molecule has 9 nitrogen and oxygen atoms in total. The number of aliphatic hydroxyl groups excluding tert-OH is 1. The van der Waals surface area contributed by atoms with E-state index in [9.17, 15) is 14.7 Å². The number of H-pyrrole nitrogens is 1. The van der Waals surface area contributed by atoms with Gasteiger partial charge in [0.15, 0.2) is 11.5 Å². The predicted octanol–water partition coefficient (Wildman–Crippen LogP) is 5.82. The first kappa shape index (κ1) is 24.6. The Bertz CT molecular complexity index is 1800. The minimum absolute atomic E-state index is 0.0206. The van der Waals surface area contributed by atoms with Gasteiger partial charge in [0.2, 0.25) is 11.7 Å². The minimum Gasteiger partial charge on any atom is -0.503 e. The molecule has 2 aromatic heterocycles. The fourth-order valence-electron chi connectivity index (χ4n) is 4.80. The van der Waals surface area contributed by atoms with Crippen LogP contribution in [0.4, 0.5) is 11.6 Å². The number of nitrogens with one attached hydrogen (secondary N) is 1. The summed E-state index contributed by atoms with van der Waals surface area (Å²) in [6.45, 7) is 0. The van der Waals surface area contributed by atoms with E-state index in [-0.39, 0.29) is 17.3 Å².